The SMILES string of the molecule is CO[C@@](C(=O)N1CCC2(CC1)CC(=O)NCC2c1ccccc1C(C)C)(c1ccccc1)C(F)(F)F. The van der Waals surface area contributed by atoms with Crippen molar-refractivity contribution in [3.8, 4) is 0 Å². The maximum absolute atomic E-state index is 14.4. The average Bonchev–Trinajstić information content (AvgIpc) is 2.85. The molecule has 0 aromatic heterocycles. The van der Waals surface area contributed by atoms with E-state index in [4.69, 9.17) is 4.74 Å². The highest BCUT2D eigenvalue weighted by Gasteiger charge is 2.64. The maximum atomic E-state index is 14.4. The summed E-state index contributed by atoms with van der Waals surface area (Å²) in [6.45, 7) is 4.98. The molecule has 2 heterocycles. The van der Waals surface area contributed by atoms with Gasteiger partial charge in [-0.15, -0.1) is 0 Å². The van der Waals surface area contributed by atoms with Crippen molar-refractivity contribution in [2.75, 3.05) is 26.7 Å². The lowest BCUT2D eigenvalue weighted by Gasteiger charge is -2.50. The van der Waals surface area contributed by atoms with Crippen LogP contribution in [0.1, 0.15) is 61.6 Å². The molecule has 2 aromatic carbocycles. The van der Waals surface area contributed by atoms with Gasteiger partial charge in [0.15, 0.2) is 0 Å². The maximum Gasteiger partial charge on any atom is 0.430 e. The zero-order valence-corrected chi connectivity index (χ0v) is 20.9. The molecule has 1 unspecified atom stereocenters. The number of halogens is 3. The molecule has 2 amide bonds. The number of carbonyl (C=O) groups excluding carboxylic acids is 2. The number of ether oxygens (including phenoxy) is 1. The molecule has 194 valence electrons. The van der Waals surface area contributed by atoms with Crippen molar-refractivity contribution in [1.82, 2.24) is 10.2 Å². The Hall–Kier alpha value is -2.87. The molecule has 36 heavy (non-hydrogen) atoms. The van der Waals surface area contributed by atoms with Gasteiger partial charge in [0.05, 0.1) is 0 Å². The minimum absolute atomic E-state index is 0.0231. The first-order chi connectivity index (χ1) is 17.1. The van der Waals surface area contributed by atoms with Crippen molar-refractivity contribution in [2.24, 2.45) is 5.41 Å². The van der Waals surface area contributed by atoms with Crippen molar-refractivity contribution in [3.63, 3.8) is 0 Å². The van der Waals surface area contributed by atoms with Crippen LogP contribution < -0.4 is 5.32 Å². The molecule has 2 atom stereocenters. The minimum Gasteiger partial charge on any atom is -0.356 e. The largest absolute Gasteiger partial charge is 0.430 e. The van der Waals surface area contributed by atoms with Crippen LogP contribution in [0.25, 0.3) is 0 Å². The van der Waals surface area contributed by atoms with Crippen LogP contribution in [0, 0.1) is 5.41 Å². The van der Waals surface area contributed by atoms with Crippen LogP contribution in [-0.2, 0) is 19.9 Å². The van der Waals surface area contributed by atoms with E-state index in [2.05, 4.69) is 31.3 Å². The lowest BCUT2D eigenvalue weighted by atomic mass is 9.61. The fraction of sp³-hybridized carbons (Fsp3) is 0.500. The van der Waals surface area contributed by atoms with E-state index in [-0.39, 0.29) is 36.4 Å². The molecule has 2 fully saturated rings. The van der Waals surface area contributed by atoms with Crippen molar-refractivity contribution in [1.29, 1.82) is 0 Å². The first kappa shape index (κ1) is 26.2. The molecular weight excluding hydrogens is 469 g/mol. The Bertz CT molecular complexity index is 1090. The number of piperidine rings is 2. The topological polar surface area (TPSA) is 58.6 Å². The monoisotopic (exact) mass is 502 g/mol. The number of hydrogen-bond acceptors (Lipinski definition) is 3. The first-order valence-corrected chi connectivity index (χ1v) is 12.4. The zero-order valence-electron chi connectivity index (χ0n) is 20.9. The summed E-state index contributed by atoms with van der Waals surface area (Å²) < 4.78 is 48.3. The number of benzene rings is 2. The minimum atomic E-state index is -4.95. The number of nitrogens with zero attached hydrogens (tertiary/aromatic N) is 1. The van der Waals surface area contributed by atoms with Gasteiger partial charge in [-0.3, -0.25) is 9.59 Å². The van der Waals surface area contributed by atoms with E-state index in [1.54, 1.807) is 6.07 Å². The van der Waals surface area contributed by atoms with Crippen LogP contribution in [0.2, 0.25) is 0 Å². The molecule has 0 bridgehead atoms. The molecule has 0 radical (unpaired) electrons. The molecule has 2 aliphatic rings. The summed E-state index contributed by atoms with van der Waals surface area (Å²) in [6.07, 6.45) is -3.77. The number of methoxy groups -OCH3 is 1. The molecule has 4 rings (SSSR count). The molecule has 2 saturated heterocycles. The summed E-state index contributed by atoms with van der Waals surface area (Å²) in [5, 5.41) is 2.99. The highest BCUT2D eigenvalue weighted by molar-refractivity contribution is 5.88. The van der Waals surface area contributed by atoms with E-state index in [0.29, 0.717) is 25.8 Å². The summed E-state index contributed by atoms with van der Waals surface area (Å²) in [5.74, 6) is -0.857. The van der Waals surface area contributed by atoms with Gasteiger partial charge in [0.2, 0.25) is 5.91 Å². The third-order valence-corrected chi connectivity index (χ3v) is 7.98. The van der Waals surface area contributed by atoms with Crippen molar-refractivity contribution < 1.29 is 27.5 Å². The Morgan fingerprint density at radius 2 is 1.67 bits per heavy atom. The lowest BCUT2D eigenvalue weighted by Crippen LogP contribution is -2.60. The van der Waals surface area contributed by atoms with E-state index in [9.17, 15) is 22.8 Å². The van der Waals surface area contributed by atoms with Gasteiger partial charge in [-0.2, -0.15) is 13.2 Å². The number of alkyl halides is 3. The number of hydrogen-bond donors (Lipinski definition) is 1. The highest BCUT2D eigenvalue weighted by atomic mass is 19.4. The Morgan fingerprint density at radius 3 is 2.25 bits per heavy atom. The smallest absolute Gasteiger partial charge is 0.356 e. The molecule has 0 aliphatic carbocycles. The first-order valence-electron chi connectivity index (χ1n) is 12.4. The van der Waals surface area contributed by atoms with E-state index >= 15 is 0 Å². The van der Waals surface area contributed by atoms with Crippen LogP contribution in [0.15, 0.2) is 54.6 Å². The second-order valence-corrected chi connectivity index (χ2v) is 10.2. The van der Waals surface area contributed by atoms with E-state index in [1.807, 2.05) is 12.1 Å². The summed E-state index contributed by atoms with van der Waals surface area (Å²) in [7, 11) is 0.925. The Morgan fingerprint density at radius 1 is 1.06 bits per heavy atom. The molecular formula is C28H33F3N2O3. The summed E-state index contributed by atoms with van der Waals surface area (Å²) in [4.78, 5) is 27.3. The van der Waals surface area contributed by atoms with Gasteiger partial charge in [-0.25, -0.2) is 0 Å². The molecule has 2 aliphatic heterocycles. The van der Waals surface area contributed by atoms with Gasteiger partial charge >= 0.3 is 6.18 Å². The number of carbonyl (C=O) groups is 2. The fourth-order valence-corrected chi connectivity index (χ4v) is 6.04. The normalized spacial score (nSPS) is 21.8. The van der Waals surface area contributed by atoms with Crippen LogP contribution in [-0.4, -0.2) is 49.6 Å². The van der Waals surface area contributed by atoms with Gasteiger partial charge < -0.3 is 15.0 Å². The van der Waals surface area contributed by atoms with Gasteiger partial charge in [0, 0.05) is 44.6 Å². The lowest BCUT2D eigenvalue weighted by molar-refractivity contribution is -0.271. The van der Waals surface area contributed by atoms with Crippen LogP contribution >= 0.6 is 0 Å². The van der Waals surface area contributed by atoms with Gasteiger partial charge in [-0.05, 0) is 35.3 Å². The molecule has 2 aromatic rings. The van der Waals surface area contributed by atoms with Gasteiger partial charge in [0.1, 0.15) is 0 Å². The zero-order chi connectivity index (χ0) is 26.1. The van der Waals surface area contributed by atoms with Crippen molar-refractivity contribution in [3.05, 3.63) is 71.3 Å². The van der Waals surface area contributed by atoms with Gasteiger partial charge in [-0.1, -0.05) is 68.4 Å². The Labute approximate surface area is 210 Å². The van der Waals surface area contributed by atoms with Crippen LogP contribution in [0.5, 0.6) is 0 Å². The number of rotatable bonds is 5. The third kappa shape index (κ3) is 4.40. The van der Waals surface area contributed by atoms with Gasteiger partial charge in [0.25, 0.3) is 11.5 Å². The standard InChI is InChI=1S/C28H33F3N2O3/c1-19(2)21-11-7-8-12-22(21)23-18-32-24(34)17-26(23)13-15-33(16-14-26)25(35)27(36-3,28(29,30)31)20-9-5-4-6-10-20/h4-12,19,23H,13-18H2,1-3H3,(H,32,34)/t23?,27-/m1/s1. The third-order valence-electron chi connectivity index (χ3n) is 7.98. The quantitative estimate of drug-likeness (QED) is 0.617. The van der Waals surface area contributed by atoms with Crippen LogP contribution in [0.3, 0.4) is 0 Å². The fourth-order valence-electron chi connectivity index (χ4n) is 6.04. The number of nitrogens with one attached hydrogen (secondary N) is 1. The van der Waals surface area contributed by atoms with Crippen molar-refractivity contribution in [2.45, 2.75) is 56.7 Å². The second-order valence-electron chi connectivity index (χ2n) is 10.2. The molecule has 8 heteroatoms. The Balaban J connectivity index is 1.65. The second kappa shape index (κ2) is 9.88. The van der Waals surface area contributed by atoms with E-state index in [1.165, 1.54) is 34.7 Å². The summed E-state index contributed by atoms with van der Waals surface area (Å²) in [5.41, 5.74) is -1.38. The summed E-state index contributed by atoms with van der Waals surface area (Å²) >= 11 is 0. The van der Waals surface area contributed by atoms with E-state index in [0.717, 1.165) is 12.7 Å². The number of likely N-dealkylation sites (tertiary alicyclic amines) is 1. The van der Waals surface area contributed by atoms with Crippen LogP contribution in [0.4, 0.5) is 13.2 Å². The molecule has 0 saturated carbocycles. The predicted octanol–water partition coefficient (Wildman–Crippen LogP) is 5.13. The summed E-state index contributed by atoms with van der Waals surface area (Å²) in [6, 6.07) is 15.2. The van der Waals surface area contributed by atoms with Crippen molar-refractivity contribution >= 4 is 11.8 Å². The highest BCUT2D eigenvalue weighted by Crippen LogP contribution is 2.51. The molecule has 5 nitrogen and oxygen atoms in total. The molecule has 1 N–H and O–H groups in total. The Kier molecular flexibility index (Phi) is 7.19. The average molecular weight is 503 g/mol. The molecule has 1 spiro atoms. The van der Waals surface area contributed by atoms with E-state index < -0.39 is 23.1 Å². The number of amides is 2. The predicted molar refractivity (Wildman–Crippen MR) is 130 cm³/mol.